The zero-order valence-corrected chi connectivity index (χ0v) is 17.5. The number of nitrogens with zero attached hydrogens (tertiary/aromatic N) is 1. The van der Waals surface area contributed by atoms with E-state index in [0.29, 0.717) is 0 Å². The third-order valence-corrected chi connectivity index (χ3v) is 7.24. The van der Waals surface area contributed by atoms with Crippen LogP contribution in [0.3, 0.4) is 0 Å². The first-order valence-electron chi connectivity index (χ1n) is 8.98. The van der Waals surface area contributed by atoms with Crippen LogP contribution in [0, 0.1) is 19.7 Å². The summed E-state index contributed by atoms with van der Waals surface area (Å²) in [4.78, 5) is 12.6. The van der Waals surface area contributed by atoms with Crippen LogP contribution in [0.1, 0.15) is 23.1 Å². The second-order valence-corrected chi connectivity index (χ2v) is 9.33. The number of hydrogen-bond acceptors (Lipinski definition) is 5. The molecule has 1 aliphatic heterocycles. The highest BCUT2D eigenvalue weighted by Gasteiger charge is 2.44. The van der Waals surface area contributed by atoms with E-state index in [1.165, 1.54) is 30.3 Å². The van der Waals surface area contributed by atoms with Gasteiger partial charge in [0.05, 0.1) is 16.0 Å². The molecule has 1 heterocycles. The Morgan fingerprint density at radius 1 is 1.28 bits per heavy atom. The zero-order chi connectivity index (χ0) is 21.3. The van der Waals surface area contributed by atoms with Crippen molar-refractivity contribution in [3.8, 4) is 0 Å². The van der Waals surface area contributed by atoms with E-state index in [1.807, 2.05) is 6.92 Å². The van der Waals surface area contributed by atoms with Crippen molar-refractivity contribution in [2.75, 3.05) is 6.54 Å². The number of hydrogen-bond donors (Lipinski definition) is 1. The Kier molecular flexibility index (Phi) is 6.28. The lowest BCUT2D eigenvalue weighted by molar-refractivity contribution is -0.149. The van der Waals surface area contributed by atoms with Crippen molar-refractivity contribution >= 4 is 27.6 Å². The summed E-state index contributed by atoms with van der Waals surface area (Å²) in [6, 6.07) is 7.54. The lowest BCUT2D eigenvalue weighted by Crippen LogP contribution is -2.41. The normalized spacial score (nSPS) is 20.0. The molecule has 0 saturated carbocycles. The molecule has 2 aromatic carbocycles. The molecular weight excluding hydrogens is 421 g/mol. The van der Waals surface area contributed by atoms with Gasteiger partial charge in [0, 0.05) is 18.5 Å². The molecule has 1 aliphatic rings. The van der Waals surface area contributed by atoms with E-state index >= 15 is 0 Å². The molecule has 156 valence electrons. The van der Waals surface area contributed by atoms with E-state index in [0.717, 1.165) is 15.4 Å². The van der Waals surface area contributed by atoms with Crippen LogP contribution >= 0.6 is 11.6 Å². The SMILES string of the molecule is Cc1ccc(S(=O)(=O)N2CC(O)C[C@H]2C(=O)OCc2c(F)cccc2Cl)cc1C. The number of esters is 1. The van der Waals surface area contributed by atoms with Gasteiger partial charge >= 0.3 is 5.97 Å². The van der Waals surface area contributed by atoms with Crippen molar-refractivity contribution in [2.24, 2.45) is 0 Å². The molecule has 0 spiro atoms. The fourth-order valence-corrected chi connectivity index (χ4v) is 5.11. The lowest BCUT2D eigenvalue weighted by Gasteiger charge is -2.23. The Bertz CT molecular complexity index is 1020. The summed E-state index contributed by atoms with van der Waals surface area (Å²) < 4.78 is 46.1. The number of β-amino-alcohol motifs (C(OH)–C–C–N with tert-alkyl or cyclic N) is 1. The van der Waals surface area contributed by atoms with E-state index < -0.39 is 40.6 Å². The molecule has 2 aromatic rings. The van der Waals surface area contributed by atoms with E-state index in [2.05, 4.69) is 0 Å². The van der Waals surface area contributed by atoms with Crippen molar-refractivity contribution in [1.29, 1.82) is 0 Å². The summed E-state index contributed by atoms with van der Waals surface area (Å²) in [5.74, 6) is -1.50. The monoisotopic (exact) mass is 441 g/mol. The van der Waals surface area contributed by atoms with E-state index in [-0.39, 0.29) is 28.4 Å². The van der Waals surface area contributed by atoms with Crippen molar-refractivity contribution < 1.29 is 27.4 Å². The van der Waals surface area contributed by atoms with Gasteiger partial charge in [0.2, 0.25) is 10.0 Å². The van der Waals surface area contributed by atoms with Crippen LogP contribution in [0.25, 0.3) is 0 Å². The number of aliphatic hydroxyl groups is 1. The van der Waals surface area contributed by atoms with Gasteiger partial charge in [-0.15, -0.1) is 0 Å². The average molecular weight is 442 g/mol. The quantitative estimate of drug-likeness (QED) is 0.721. The highest BCUT2D eigenvalue weighted by atomic mass is 35.5. The van der Waals surface area contributed by atoms with Gasteiger partial charge in [-0.25, -0.2) is 12.8 Å². The van der Waals surface area contributed by atoms with Gasteiger partial charge in [-0.05, 0) is 49.2 Å². The molecule has 2 atom stereocenters. The third kappa shape index (κ3) is 4.45. The fraction of sp³-hybridized carbons (Fsp3) is 0.350. The second kappa shape index (κ2) is 8.39. The molecule has 3 rings (SSSR count). The Hall–Kier alpha value is -2.00. The van der Waals surface area contributed by atoms with Crippen molar-refractivity contribution in [3.63, 3.8) is 0 Å². The van der Waals surface area contributed by atoms with Gasteiger partial charge in [0.1, 0.15) is 18.5 Å². The maximum Gasteiger partial charge on any atom is 0.324 e. The van der Waals surface area contributed by atoms with Crippen LogP contribution in [0.4, 0.5) is 4.39 Å². The van der Waals surface area contributed by atoms with Gasteiger partial charge in [0.15, 0.2) is 0 Å². The number of halogens is 2. The minimum absolute atomic E-state index is 0.00429. The topological polar surface area (TPSA) is 83.9 Å². The van der Waals surface area contributed by atoms with Crippen LogP contribution in [0.5, 0.6) is 0 Å². The van der Waals surface area contributed by atoms with Gasteiger partial charge in [-0.2, -0.15) is 4.31 Å². The van der Waals surface area contributed by atoms with E-state index in [9.17, 15) is 22.7 Å². The predicted octanol–water partition coefficient (Wildman–Crippen LogP) is 2.96. The van der Waals surface area contributed by atoms with Crippen molar-refractivity contribution in [1.82, 2.24) is 4.31 Å². The summed E-state index contributed by atoms with van der Waals surface area (Å²) in [5.41, 5.74) is 1.73. The first-order chi connectivity index (χ1) is 13.6. The molecule has 1 saturated heterocycles. The summed E-state index contributed by atoms with van der Waals surface area (Å²) in [6.07, 6.45) is -1.11. The molecule has 0 aliphatic carbocycles. The largest absolute Gasteiger partial charge is 0.459 e. The standard InChI is InChI=1S/C20H21ClFNO5S/c1-12-6-7-15(8-13(12)2)29(26,27)23-10-14(24)9-19(23)20(25)28-11-16-17(21)4-3-5-18(16)22/h3-8,14,19,24H,9-11H2,1-2H3/t14?,19-/m0/s1. The fourth-order valence-electron chi connectivity index (χ4n) is 3.18. The second-order valence-electron chi connectivity index (χ2n) is 7.03. The number of rotatable bonds is 5. The van der Waals surface area contributed by atoms with Crippen LogP contribution in [-0.2, 0) is 26.2 Å². The van der Waals surface area contributed by atoms with Crippen LogP contribution < -0.4 is 0 Å². The Labute approximate surface area is 173 Å². The zero-order valence-electron chi connectivity index (χ0n) is 15.9. The minimum atomic E-state index is -4.03. The Morgan fingerprint density at radius 3 is 2.66 bits per heavy atom. The number of ether oxygens (including phenoxy) is 1. The molecule has 1 fully saturated rings. The molecule has 0 amide bonds. The minimum Gasteiger partial charge on any atom is -0.459 e. The number of aliphatic hydroxyl groups excluding tert-OH is 1. The number of sulfonamides is 1. The summed E-state index contributed by atoms with van der Waals surface area (Å²) in [5, 5.41) is 10.1. The first kappa shape index (κ1) is 21.7. The first-order valence-corrected chi connectivity index (χ1v) is 10.8. The molecule has 1 N–H and O–H groups in total. The molecule has 6 nitrogen and oxygen atoms in total. The number of benzene rings is 2. The number of carbonyl (C=O) groups excluding carboxylic acids is 1. The van der Waals surface area contributed by atoms with Crippen LogP contribution in [0.15, 0.2) is 41.3 Å². The van der Waals surface area contributed by atoms with Gasteiger partial charge in [-0.3, -0.25) is 4.79 Å². The Balaban J connectivity index is 1.82. The lowest BCUT2D eigenvalue weighted by atomic mass is 10.1. The predicted molar refractivity (Wildman–Crippen MR) is 105 cm³/mol. The van der Waals surface area contributed by atoms with Crippen molar-refractivity contribution in [3.05, 3.63) is 63.9 Å². The van der Waals surface area contributed by atoms with E-state index in [1.54, 1.807) is 13.0 Å². The smallest absolute Gasteiger partial charge is 0.324 e. The van der Waals surface area contributed by atoms with E-state index in [4.69, 9.17) is 16.3 Å². The molecule has 9 heteroatoms. The summed E-state index contributed by atoms with van der Waals surface area (Å²) in [7, 11) is -4.03. The van der Waals surface area contributed by atoms with Gasteiger partial charge in [-0.1, -0.05) is 23.7 Å². The van der Waals surface area contributed by atoms with Crippen molar-refractivity contribution in [2.45, 2.75) is 43.9 Å². The highest BCUT2D eigenvalue weighted by Crippen LogP contribution is 2.29. The molecule has 0 radical (unpaired) electrons. The highest BCUT2D eigenvalue weighted by molar-refractivity contribution is 7.89. The number of carbonyl (C=O) groups is 1. The molecule has 0 bridgehead atoms. The molecule has 29 heavy (non-hydrogen) atoms. The van der Waals surface area contributed by atoms with Gasteiger partial charge < -0.3 is 9.84 Å². The number of aryl methyl sites for hydroxylation is 2. The third-order valence-electron chi connectivity index (χ3n) is 5.01. The van der Waals surface area contributed by atoms with Crippen LogP contribution in [-0.4, -0.2) is 42.5 Å². The molecule has 0 aromatic heterocycles. The van der Waals surface area contributed by atoms with Gasteiger partial charge in [0.25, 0.3) is 0 Å². The maximum atomic E-state index is 13.9. The summed E-state index contributed by atoms with van der Waals surface area (Å²) in [6.45, 7) is 2.99. The average Bonchev–Trinajstić information content (AvgIpc) is 3.06. The molecular formula is C20H21ClFNO5S. The van der Waals surface area contributed by atoms with Crippen LogP contribution in [0.2, 0.25) is 5.02 Å². The maximum absolute atomic E-state index is 13.9. The molecule has 1 unspecified atom stereocenters. The Morgan fingerprint density at radius 2 is 2.00 bits per heavy atom. The summed E-state index contributed by atoms with van der Waals surface area (Å²) >= 11 is 5.93.